The van der Waals surface area contributed by atoms with E-state index in [0.717, 1.165) is 54.1 Å². The van der Waals surface area contributed by atoms with Crippen LogP contribution < -0.4 is 14.5 Å². The third-order valence-corrected chi connectivity index (χ3v) is 6.66. The van der Waals surface area contributed by atoms with E-state index in [9.17, 15) is 17.6 Å². The van der Waals surface area contributed by atoms with Crippen LogP contribution in [0.3, 0.4) is 0 Å². The maximum atomic E-state index is 13.6. The van der Waals surface area contributed by atoms with Crippen LogP contribution in [-0.2, 0) is 21.4 Å². The normalized spacial score (nSPS) is 16.1. The summed E-state index contributed by atoms with van der Waals surface area (Å²) < 4.78 is 39.1. The molecule has 1 fully saturated rings. The summed E-state index contributed by atoms with van der Waals surface area (Å²) in [5.74, 6) is -1.03. The molecule has 0 aromatic heterocycles. The number of halogens is 1. The molecule has 9 heteroatoms. The van der Waals surface area contributed by atoms with Crippen LogP contribution in [-0.4, -0.2) is 64.7 Å². The first-order valence-corrected chi connectivity index (χ1v) is 12.0. The number of piperazine rings is 1. The molecule has 0 radical (unpaired) electrons. The molecule has 1 unspecified atom stereocenters. The summed E-state index contributed by atoms with van der Waals surface area (Å²) in [5, 5.41) is 2.78. The molecule has 2 aromatic rings. The molecule has 1 N–H and O–H groups in total. The molecule has 0 spiro atoms. The molecule has 3 rings (SSSR count). The lowest BCUT2D eigenvalue weighted by Crippen LogP contribution is -2.47. The predicted molar refractivity (Wildman–Crippen MR) is 121 cm³/mol. The van der Waals surface area contributed by atoms with E-state index >= 15 is 0 Å². The number of likely N-dealkylation sites (N-methyl/N-ethyl adjacent to an activating group) is 1. The zero-order chi connectivity index (χ0) is 22.6. The van der Waals surface area contributed by atoms with Crippen molar-refractivity contribution in [3.05, 3.63) is 59.9 Å². The van der Waals surface area contributed by atoms with Crippen LogP contribution in [0.2, 0.25) is 0 Å². The molecule has 1 atom stereocenters. The lowest BCUT2D eigenvalue weighted by Gasteiger charge is -2.34. The molecular formula is C22H29FN4O3S. The van der Waals surface area contributed by atoms with E-state index in [1.807, 2.05) is 24.3 Å². The van der Waals surface area contributed by atoms with E-state index in [1.54, 1.807) is 0 Å². The second-order valence-electron chi connectivity index (χ2n) is 7.89. The Morgan fingerprint density at radius 3 is 2.35 bits per heavy atom. The van der Waals surface area contributed by atoms with Crippen molar-refractivity contribution < 1.29 is 17.6 Å². The highest BCUT2D eigenvalue weighted by Crippen LogP contribution is 2.22. The van der Waals surface area contributed by atoms with Crippen molar-refractivity contribution in [1.82, 2.24) is 10.2 Å². The minimum atomic E-state index is -3.79. The van der Waals surface area contributed by atoms with Crippen molar-refractivity contribution in [1.29, 1.82) is 0 Å². The summed E-state index contributed by atoms with van der Waals surface area (Å²) in [6.45, 7) is 5.76. The fourth-order valence-corrected chi connectivity index (χ4v) is 4.81. The second-order valence-corrected chi connectivity index (χ2v) is 9.75. The van der Waals surface area contributed by atoms with E-state index in [2.05, 4.69) is 22.2 Å². The van der Waals surface area contributed by atoms with Gasteiger partial charge in [-0.2, -0.15) is 0 Å². The molecule has 0 aliphatic carbocycles. The van der Waals surface area contributed by atoms with Gasteiger partial charge in [0, 0.05) is 38.4 Å². The standard InChI is InChI=1S/C22H29FN4O3S/c1-17(27(31(3,29)30)21-6-4-5-19(23)15-21)22(28)24-16-18-7-9-20(10-8-18)26-13-11-25(2)12-14-26/h4-10,15,17H,11-14,16H2,1-3H3,(H,24,28). The SMILES string of the molecule is CC(C(=O)NCc1ccc(N2CCN(C)CC2)cc1)N(c1cccc(F)c1)S(C)(=O)=O. The Morgan fingerprint density at radius 2 is 1.77 bits per heavy atom. The highest BCUT2D eigenvalue weighted by atomic mass is 32.2. The molecule has 1 saturated heterocycles. The highest BCUT2D eigenvalue weighted by molar-refractivity contribution is 7.92. The van der Waals surface area contributed by atoms with Crippen LogP contribution in [0.15, 0.2) is 48.5 Å². The average Bonchev–Trinajstić information content (AvgIpc) is 2.72. The minimum Gasteiger partial charge on any atom is -0.369 e. The van der Waals surface area contributed by atoms with Gasteiger partial charge in [-0.25, -0.2) is 12.8 Å². The number of carbonyl (C=O) groups excluding carboxylic acids is 1. The van der Waals surface area contributed by atoms with Crippen molar-refractivity contribution in [2.75, 3.05) is 48.7 Å². The lowest BCUT2D eigenvalue weighted by atomic mass is 10.1. The summed E-state index contributed by atoms with van der Waals surface area (Å²) in [5.41, 5.74) is 2.17. The fraction of sp³-hybridized carbons (Fsp3) is 0.409. The van der Waals surface area contributed by atoms with Crippen molar-refractivity contribution in [3.8, 4) is 0 Å². The van der Waals surface area contributed by atoms with Crippen LogP contribution >= 0.6 is 0 Å². The maximum absolute atomic E-state index is 13.6. The monoisotopic (exact) mass is 448 g/mol. The van der Waals surface area contributed by atoms with Crippen LogP contribution in [0, 0.1) is 5.82 Å². The smallest absolute Gasteiger partial charge is 0.243 e. The van der Waals surface area contributed by atoms with Crippen molar-refractivity contribution in [3.63, 3.8) is 0 Å². The molecule has 1 amide bonds. The molecular weight excluding hydrogens is 419 g/mol. The second kappa shape index (κ2) is 9.65. The quantitative estimate of drug-likeness (QED) is 0.702. The Morgan fingerprint density at radius 1 is 1.13 bits per heavy atom. The van der Waals surface area contributed by atoms with Crippen LogP contribution in [0.1, 0.15) is 12.5 Å². The molecule has 0 saturated carbocycles. The Hall–Kier alpha value is -2.65. The van der Waals surface area contributed by atoms with Gasteiger partial charge in [-0.3, -0.25) is 9.10 Å². The lowest BCUT2D eigenvalue weighted by molar-refractivity contribution is -0.122. The number of rotatable bonds is 7. The molecule has 1 aliphatic heterocycles. The molecule has 7 nitrogen and oxygen atoms in total. The first kappa shape index (κ1) is 23.0. The van der Waals surface area contributed by atoms with Gasteiger partial charge >= 0.3 is 0 Å². The maximum Gasteiger partial charge on any atom is 0.243 e. The van der Waals surface area contributed by atoms with E-state index in [-0.39, 0.29) is 12.2 Å². The number of amides is 1. The van der Waals surface area contributed by atoms with Gasteiger partial charge in [0.1, 0.15) is 11.9 Å². The van der Waals surface area contributed by atoms with Gasteiger partial charge in [0.05, 0.1) is 11.9 Å². The van der Waals surface area contributed by atoms with Gasteiger partial charge < -0.3 is 15.1 Å². The van der Waals surface area contributed by atoms with Crippen LogP contribution in [0.5, 0.6) is 0 Å². The first-order valence-electron chi connectivity index (χ1n) is 10.2. The van der Waals surface area contributed by atoms with E-state index in [4.69, 9.17) is 0 Å². The number of carbonyl (C=O) groups is 1. The van der Waals surface area contributed by atoms with Crippen LogP contribution in [0.25, 0.3) is 0 Å². The number of nitrogens with zero attached hydrogens (tertiary/aromatic N) is 3. The van der Waals surface area contributed by atoms with Gasteiger partial charge in [0.25, 0.3) is 0 Å². The topological polar surface area (TPSA) is 73.0 Å². The molecule has 1 aliphatic rings. The van der Waals surface area contributed by atoms with Crippen LogP contribution in [0.4, 0.5) is 15.8 Å². The number of hydrogen-bond donors (Lipinski definition) is 1. The first-order chi connectivity index (χ1) is 14.6. The number of anilines is 2. The van der Waals surface area contributed by atoms with Gasteiger partial charge in [-0.05, 0) is 49.9 Å². The van der Waals surface area contributed by atoms with E-state index < -0.39 is 27.8 Å². The summed E-state index contributed by atoms with van der Waals surface area (Å²) in [6, 6.07) is 12.2. The molecule has 0 bridgehead atoms. The Balaban J connectivity index is 1.63. The summed E-state index contributed by atoms with van der Waals surface area (Å²) in [6.07, 6.45) is 0.999. The summed E-state index contributed by atoms with van der Waals surface area (Å²) in [4.78, 5) is 17.3. The fourth-order valence-electron chi connectivity index (χ4n) is 3.65. The van der Waals surface area contributed by atoms with Gasteiger partial charge in [-0.1, -0.05) is 18.2 Å². The van der Waals surface area contributed by atoms with Gasteiger partial charge in [0.2, 0.25) is 15.9 Å². The molecule has 31 heavy (non-hydrogen) atoms. The van der Waals surface area contributed by atoms with Crippen molar-refractivity contribution >= 4 is 27.3 Å². The zero-order valence-corrected chi connectivity index (χ0v) is 18.9. The minimum absolute atomic E-state index is 0.113. The number of hydrogen-bond acceptors (Lipinski definition) is 5. The van der Waals surface area contributed by atoms with Gasteiger partial charge in [0.15, 0.2) is 0 Å². The van der Waals surface area contributed by atoms with Gasteiger partial charge in [-0.15, -0.1) is 0 Å². The third-order valence-electron chi connectivity index (χ3n) is 5.42. The Bertz CT molecular complexity index is 1010. The molecule has 168 valence electrons. The van der Waals surface area contributed by atoms with E-state index in [1.165, 1.54) is 25.1 Å². The number of benzene rings is 2. The van der Waals surface area contributed by atoms with Crippen molar-refractivity contribution in [2.45, 2.75) is 19.5 Å². The number of nitrogens with one attached hydrogen (secondary N) is 1. The predicted octanol–water partition coefficient (Wildman–Crippen LogP) is 2.05. The number of sulfonamides is 1. The Labute approximate surface area is 183 Å². The molecule has 1 heterocycles. The summed E-state index contributed by atoms with van der Waals surface area (Å²) in [7, 11) is -1.67. The largest absolute Gasteiger partial charge is 0.369 e. The zero-order valence-electron chi connectivity index (χ0n) is 18.1. The Kier molecular flexibility index (Phi) is 7.17. The highest BCUT2D eigenvalue weighted by Gasteiger charge is 2.29. The average molecular weight is 449 g/mol. The third kappa shape index (κ3) is 5.95. The van der Waals surface area contributed by atoms with E-state index in [0.29, 0.717) is 0 Å². The molecule has 2 aromatic carbocycles. The summed E-state index contributed by atoms with van der Waals surface area (Å²) >= 11 is 0. The van der Waals surface area contributed by atoms with Crippen molar-refractivity contribution in [2.24, 2.45) is 0 Å².